The zero-order valence-electron chi connectivity index (χ0n) is 15.3. The van der Waals surface area contributed by atoms with Crippen LogP contribution in [0.1, 0.15) is 39.2 Å². The molecule has 1 N–H and O–H groups in total. The number of hydrogen-bond donors (Lipinski definition) is 1. The summed E-state index contributed by atoms with van der Waals surface area (Å²) in [6.45, 7) is 6.53. The zero-order valence-corrected chi connectivity index (χ0v) is 15.3. The van der Waals surface area contributed by atoms with Gasteiger partial charge < -0.3 is 14.9 Å². The summed E-state index contributed by atoms with van der Waals surface area (Å²) in [6.07, 6.45) is 3.59. The standard InChI is InChI=1S/C20H28N2O3/c1-4-22(16(3)23)15(2)20(25)13-18-12-19(24)10-11-21(18)14-17-8-6-5-7-9-17/h5-11,15,18,20,25H,4,12-14H2,1-3H3. The van der Waals surface area contributed by atoms with E-state index in [1.165, 1.54) is 6.92 Å². The van der Waals surface area contributed by atoms with Crippen molar-refractivity contribution in [2.75, 3.05) is 6.54 Å². The minimum Gasteiger partial charge on any atom is -0.391 e. The number of benzene rings is 1. The molecule has 0 bridgehead atoms. The molecule has 0 aliphatic carbocycles. The van der Waals surface area contributed by atoms with Gasteiger partial charge in [0.15, 0.2) is 5.78 Å². The van der Waals surface area contributed by atoms with Crippen LogP contribution >= 0.6 is 0 Å². The van der Waals surface area contributed by atoms with Gasteiger partial charge in [-0.3, -0.25) is 9.59 Å². The Morgan fingerprint density at radius 3 is 2.64 bits per heavy atom. The number of rotatable bonds is 7. The van der Waals surface area contributed by atoms with Gasteiger partial charge in [0.1, 0.15) is 0 Å². The molecule has 0 spiro atoms. The molecule has 136 valence electrons. The van der Waals surface area contributed by atoms with Crippen molar-refractivity contribution in [2.45, 2.75) is 58.3 Å². The Bertz CT molecular complexity index is 615. The highest BCUT2D eigenvalue weighted by Gasteiger charge is 2.29. The van der Waals surface area contributed by atoms with Crippen molar-refractivity contribution in [1.82, 2.24) is 9.80 Å². The number of hydrogen-bond acceptors (Lipinski definition) is 4. The third kappa shape index (κ3) is 5.16. The number of allylic oxidation sites excluding steroid dienone is 1. The molecule has 1 aromatic rings. The van der Waals surface area contributed by atoms with Gasteiger partial charge in [0.25, 0.3) is 0 Å². The molecule has 1 aliphatic heterocycles. The van der Waals surface area contributed by atoms with Crippen LogP contribution in [0.2, 0.25) is 0 Å². The number of nitrogens with zero attached hydrogens (tertiary/aromatic N) is 2. The van der Waals surface area contributed by atoms with Crippen LogP contribution in [-0.2, 0) is 16.1 Å². The minimum absolute atomic E-state index is 0.0465. The molecule has 2 rings (SSSR count). The average molecular weight is 344 g/mol. The number of carbonyl (C=O) groups is 2. The molecule has 25 heavy (non-hydrogen) atoms. The highest BCUT2D eigenvalue weighted by atomic mass is 16.3. The van der Waals surface area contributed by atoms with E-state index < -0.39 is 6.10 Å². The van der Waals surface area contributed by atoms with Crippen molar-refractivity contribution in [3.63, 3.8) is 0 Å². The molecular weight excluding hydrogens is 316 g/mol. The molecule has 0 radical (unpaired) electrons. The Morgan fingerprint density at radius 2 is 2.04 bits per heavy atom. The Morgan fingerprint density at radius 1 is 1.36 bits per heavy atom. The Kier molecular flexibility index (Phi) is 6.76. The lowest BCUT2D eigenvalue weighted by atomic mass is 9.95. The SMILES string of the molecule is CCN(C(C)=O)C(C)C(O)CC1CC(=O)C=CN1Cc1ccccc1. The van der Waals surface area contributed by atoms with Gasteiger partial charge in [-0.2, -0.15) is 0 Å². The molecule has 0 fully saturated rings. The van der Waals surface area contributed by atoms with Gasteiger partial charge in [0.05, 0.1) is 12.1 Å². The fourth-order valence-electron chi connectivity index (χ4n) is 3.39. The van der Waals surface area contributed by atoms with Crippen molar-refractivity contribution in [2.24, 2.45) is 0 Å². The van der Waals surface area contributed by atoms with Crippen molar-refractivity contribution < 1.29 is 14.7 Å². The van der Waals surface area contributed by atoms with Crippen molar-refractivity contribution >= 4 is 11.7 Å². The van der Waals surface area contributed by atoms with Crippen LogP contribution in [0.4, 0.5) is 0 Å². The lowest BCUT2D eigenvalue weighted by Gasteiger charge is -2.37. The van der Waals surface area contributed by atoms with Crippen LogP contribution in [0.3, 0.4) is 0 Å². The molecule has 3 atom stereocenters. The zero-order chi connectivity index (χ0) is 18.4. The fraction of sp³-hybridized carbons (Fsp3) is 0.500. The van der Waals surface area contributed by atoms with E-state index in [1.807, 2.05) is 38.2 Å². The lowest BCUT2D eigenvalue weighted by molar-refractivity contribution is -0.133. The highest BCUT2D eigenvalue weighted by molar-refractivity contribution is 5.90. The van der Waals surface area contributed by atoms with E-state index >= 15 is 0 Å². The number of aliphatic hydroxyl groups excluding tert-OH is 1. The number of carbonyl (C=O) groups excluding carboxylic acids is 2. The molecule has 5 heteroatoms. The maximum absolute atomic E-state index is 11.9. The number of amides is 1. The number of likely N-dealkylation sites (N-methyl/N-ethyl adjacent to an activating group) is 1. The molecule has 5 nitrogen and oxygen atoms in total. The minimum atomic E-state index is -0.675. The smallest absolute Gasteiger partial charge is 0.219 e. The Hall–Kier alpha value is -2.14. The summed E-state index contributed by atoms with van der Waals surface area (Å²) >= 11 is 0. The van der Waals surface area contributed by atoms with Gasteiger partial charge in [-0.25, -0.2) is 0 Å². The quantitative estimate of drug-likeness (QED) is 0.825. The van der Waals surface area contributed by atoms with E-state index in [9.17, 15) is 14.7 Å². The number of ketones is 1. The topological polar surface area (TPSA) is 60.9 Å². The van der Waals surface area contributed by atoms with Gasteiger partial charge in [-0.1, -0.05) is 30.3 Å². The molecule has 1 aromatic carbocycles. The second-order valence-electron chi connectivity index (χ2n) is 6.65. The summed E-state index contributed by atoms with van der Waals surface area (Å²) in [7, 11) is 0. The maximum atomic E-state index is 11.9. The summed E-state index contributed by atoms with van der Waals surface area (Å²) in [4.78, 5) is 27.3. The van der Waals surface area contributed by atoms with Crippen LogP contribution in [0, 0.1) is 0 Å². The van der Waals surface area contributed by atoms with Crippen LogP contribution in [0.5, 0.6) is 0 Å². The third-order valence-corrected chi connectivity index (χ3v) is 4.87. The first-order chi connectivity index (χ1) is 11.9. The fourth-order valence-corrected chi connectivity index (χ4v) is 3.39. The van der Waals surface area contributed by atoms with E-state index in [4.69, 9.17) is 0 Å². The van der Waals surface area contributed by atoms with E-state index in [0.29, 0.717) is 25.9 Å². The molecular formula is C20H28N2O3. The predicted molar refractivity (Wildman–Crippen MR) is 97.7 cm³/mol. The maximum Gasteiger partial charge on any atom is 0.219 e. The van der Waals surface area contributed by atoms with E-state index in [-0.39, 0.29) is 23.8 Å². The van der Waals surface area contributed by atoms with Gasteiger partial charge in [0, 0.05) is 38.7 Å². The Balaban J connectivity index is 2.07. The van der Waals surface area contributed by atoms with E-state index in [1.54, 1.807) is 11.0 Å². The van der Waals surface area contributed by atoms with Gasteiger partial charge in [-0.05, 0) is 31.9 Å². The lowest BCUT2D eigenvalue weighted by Crippen LogP contribution is -2.47. The summed E-state index contributed by atoms with van der Waals surface area (Å²) < 4.78 is 0. The molecule has 0 aromatic heterocycles. The average Bonchev–Trinajstić information content (AvgIpc) is 2.58. The van der Waals surface area contributed by atoms with Crippen molar-refractivity contribution in [3.8, 4) is 0 Å². The first-order valence-corrected chi connectivity index (χ1v) is 8.88. The summed E-state index contributed by atoms with van der Waals surface area (Å²) in [5, 5.41) is 10.6. The van der Waals surface area contributed by atoms with Crippen LogP contribution in [-0.4, -0.2) is 51.3 Å². The van der Waals surface area contributed by atoms with E-state index in [0.717, 1.165) is 5.56 Å². The summed E-state index contributed by atoms with van der Waals surface area (Å²) in [5.41, 5.74) is 1.16. The van der Waals surface area contributed by atoms with Crippen molar-refractivity contribution in [3.05, 3.63) is 48.2 Å². The summed E-state index contributed by atoms with van der Waals surface area (Å²) in [6, 6.07) is 9.72. The molecule has 1 heterocycles. The highest BCUT2D eigenvalue weighted by Crippen LogP contribution is 2.22. The monoisotopic (exact) mass is 344 g/mol. The molecule has 0 saturated heterocycles. The Labute approximate surface area is 149 Å². The number of aliphatic hydroxyl groups is 1. The molecule has 1 aliphatic rings. The van der Waals surface area contributed by atoms with Gasteiger partial charge >= 0.3 is 0 Å². The van der Waals surface area contributed by atoms with Crippen molar-refractivity contribution in [1.29, 1.82) is 0 Å². The van der Waals surface area contributed by atoms with Gasteiger partial charge in [-0.15, -0.1) is 0 Å². The first-order valence-electron chi connectivity index (χ1n) is 8.88. The van der Waals surface area contributed by atoms with Crippen LogP contribution < -0.4 is 0 Å². The summed E-state index contributed by atoms with van der Waals surface area (Å²) in [5.74, 6) is 0.0305. The molecule has 3 unspecified atom stereocenters. The first kappa shape index (κ1) is 19.2. The second kappa shape index (κ2) is 8.81. The normalized spacial score (nSPS) is 19.6. The molecule has 1 amide bonds. The van der Waals surface area contributed by atoms with E-state index in [2.05, 4.69) is 17.0 Å². The van der Waals surface area contributed by atoms with Gasteiger partial charge in [0.2, 0.25) is 5.91 Å². The molecule has 0 saturated carbocycles. The second-order valence-corrected chi connectivity index (χ2v) is 6.65. The largest absolute Gasteiger partial charge is 0.391 e. The predicted octanol–water partition coefficient (Wildman–Crippen LogP) is 2.35. The third-order valence-electron chi connectivity index (χ3n) is 4.87. The van der Waals surface area contributed by atoms with Crippen LogP contribution in [0.15, 0.2) is 42.6 Å². The van der Waals surface area contributed by atoms with Crippen LogP contribution in [0.25, 0.3) is 0 Å².